The van der Waals surface area contributed by atoms with Crippen molar-refractivity contribution in [2.75, 3.05) is 0 Å². The molecule has 2 heteroatoms. The highest BCUT2D eigenvalue weighted by Gasteiger charge is 2.11. The fourth-order valence-corrected chi connectivity index (χ4v) is 0.549. The molecule has 0 aromatic heterocycles. The van der Waals surface area contributed by atoms with Crippen LogP contribution in [-0.4, -0.2) is 11.1 Å². The zero-order chi connectivity index (χ0) is 7.28. The van der Waals surface area contributed by atoms with Gasteiger partial charge in [-0.1, -0.05) is 6.92 Å². The van der Waals surface area contributed by atoms with Crippen LogP contribution in [0.3, 0.4) is 0 Å². The number of carbonyl (C=O) groups is 1. The lowest BCUT2D eigenvalue weighted by Crippen LogP contribution is -2.11. The minimum atomic E-state index is -0.796. The Kier molecular flexibility index (Phi) is 3.54. The maximum atomic E-state index is 10.2. The van der Waals surface area contributed by atoms with E-state index in [0.29, 0.717) is 12.8 Å². The van der Waals surface area contributed by atoms with Gasteiger partial charge in [-0.3, -0.25) is 4.79 Å². The van der Waals surface area contributed by atoms with Gasteiger partial charge in [0.2, 0.25) is 0 Å². The lowest BCUT2D eigenvalue weighted by Gasteiger charge is -2.02. The highest BCUT2D eigenvalue weighted by molar-refractivity contribution is 5.70. The monoisotopic (exact) mass is 126 g/mol. The Bertz CT molecular complexity index is 132. The van der Waals surface area contributed by atoms with Gasteiger partial charge in [-0.2, -0.15) is 0 Å². The maximum absolute atomic E-state index is 10.2. The van der Waals surface area contributed by atoms with E-state index in [1.54, 1.807) is 0 Å². The Morgan fingerprint density at radius 2 is 2.44 bits per heavy atom. The molecule has 0 spiro atoms. The fourth-order valence-electron chi connectivity index (χ4n) is 0.549. The molecule has 0 aromatic rings. The van der Waals surface area contributed by atoms with Gasteiger partial charge in [-0.15, -0.1) is 12.3 Å². The second-order valence-corrected chi connectivity index (χ2v) is 1.85. The summed E-state index contributed by atoms with van der Waals surface area (Å²) in [6, 6.07) is 0. The lowest BCUT2D eigenvalue weighted by molar-refractivity contribution is -0.141. The zero-order valence-corrected chi connectivity index (χ0v) is 5.42. The summed E-state index contributed by atoms with van der Waals surface area (Å²) < 4.78 is 0. The van der Waals surface area contributed by atoms with Gasteiger partial charge in [0.25, 0.3) is 0 Å². The quantitative estimate of drug-likeness (QED) is 0.575. The first-order chi connectivity index (χ1) is 4.22. The molecule has 1 atom stereocenters. The summed E-state index contributed by atoms with van der Waals surface area (Å²) in [4.78, 5) is 10.2. The van der Waals surface area contributed by atoms with E-state index in [2.05, 4.69) is 5.92 Å². The average molecular weight is 126 g/mol. The van der Waals surface area contributed by atoms with Crippen LogP contribution in [0.25, 0.3) is 0 Å². The highest BCUT2D eigenvalue weighted by Crippen LogP contribution is 2.05. The molecule has 0 rings (SSSR count). The third-order valence-electron chi connectivity index (χ3n) is 1.21. The second-order valence-electron chi connectivity index (χ2n) is 1.85. The van der Waals surface area contributed by atoms with Gasteiger partial charge >= 0.3 is 5.97 Å². The zero-order valence-electron chi connectivity index (χ0n) is 5.42. The summed E-state index contributed by atoms with van der Waals surface area (Å²) in [7, 11) is 0. The van der Waals surface area contributed by atoms with Gasteiger partial charge in [0.15, 0.2) is 0 Å². The largest absolute Gasteiger partial charge is 0.481 e. The highest BCUT2D eigenvalue weighted by atomic mass is 16.4. The second kappa shape index (κ2) is 3.96. The first kappa shape index (κ1) is 8.03. The van der Waals surface area contributed by atoms with Crippen molar-refractivity contribution in [3.8, 4) is 12.3 Å². The van der Waals surface area contributed by atoms with Gasteiger partial charge in [0, 0.05) is 6.42 Å². The van der Waals surface area contributed by atoms with Gasteiger partial charge in [0.05, 0.1) is 5.92 Å². The molecule has 0 saturated heterocycles. The van der Waals surface area contributed by atoms with Crippen molar-refractivity contribution >= 4 is 5.97 Å². The van der Waals surface area contributed by atoms with E-state index < -0.39 is 5.97 Å². The minimum absolute atomic E-state index is 0.339. The number of hydrogen-bond donors (Lipinski definition) is 1. The number of carboxylic acid groups (broad SMARTS) is 1. The molecule has 0 aromatic carbocycles. The molecule has 9 heavy (non-hydrogen) atoms. The molecule has 0 aliphatic rings. The molecular formula is C7H10O2. The molecule has 50 valence electrons. The molecular weight excluding hydrogens is 116 g/mol. The minimum Gasteiger partial charge on any atom is -0.481 e. The molecule has 0 unspecified atom stereocenters. The number of carboxylic acids is 1. The Balaban J connectivity index is 3.71. The molecule has 2 nitrogen and oxygen atoms in total. The van der Waals surface area contributed by atoms with Crippen LogP contribution in [0.2, 0.25) is 0 Å². The predicted octanol–water partition coefficient (Wildman–Crippen LogP) is 1.12. The molecule has 0 heterocycles. The number of aliphatic carboxylic acids is 1. The van der Waals surface area contributed by atoms with Crippen LogP contribution in [0, 0.1) is 18.3 Å². The molecule has 1 N–H and O–H groups in total. The summed E-state index contributed by atoms with van der Waals surface area (Å²) in [5.41, 5.74) is 0. The fraction of sp³-hybridized carbons (Fsp3) is 0.571. The molecule has 0 aliphatic carbocycles. The van der Waals surface area contributed by atoms with Crippen molar-refractivity contribution in [3.63, 3.8) is 0 Å². The summed E-state index contributed by atoms with van der Waals surface area (Å²) >= 11 is 0. The van der Waals surface area contributed by atoms with E-state index >= 15 is 0 Å². The summed E-state index contributed by atoms with van der Waals surface area (Å²) in [6.45, 7) is 1.82. The van der Waals surface area contributed by atoms with Crippen LogP contribution in [0.4, 0.5) is 0 Å². The number of rotatable bonds is 3. The Morgan fingerprint density at radius 3 is 2.56 bits per heavy atom. The van der Waals surface area contributed by atoms with Crippen LogP contribution >= 0.6 is 0 Å². The van der Waals surface area contributed by atoms with Crippen molar-refractivity contribution < 1.29 is 9.90 Å². The van der Waals surface area contributed by atoms with Crippen molar-refractivity contribution in [1.29, 1.82) is 0 Å². The van der Waals surface area contributed by atoms with E-state index in [0.717, 1.165) is 0 Å². The van der Waals surface area contributed by atoms with Crippen molar-refractivity contribution in [1.82, 2.24) is 0 Å². The molecule has 0 aliphatic heterocycles. The van der Waals surface area contributed by atoms with Gasteiger partial charge < -0.3 is 5.11 Å². The molecule has 0 amide bonds. The first-order valence-electron chi connectivity index (χ1n) is 2.88. The van der Waals surface area contributed by atoms with E-state index in [9.17, 15) is 4.79 Å². The van der Waals surface area contributed by atoms with Gasteiger partial charge in [0.1, 0.15) is 0 Å². The third-order valence-corrected chi connectivity index (χ3v) is 1.21. The van der Waals surface area contributed by atoms with E-state index in [1.807, 2.05) is 6.92 Å². The molecule has 0 bridgehead atoms. The molecule has 0 radical (unpaired) electrons. The SMILES string of the molecule is C#CC[C@H](CC)C(=O)O. The van der Waals surface area contributed by atoms with Crippen molar-refractivity contribution in [3.05, 3.63) is 0 Å². The van der Waals surface area contributed by atoms with E-state index in [1.165, 1.54) is 0 Å². The summed E-state index contributed by atoms with van der Waals surface area (Å²) in [5.74, 6) is 1.17. The Labute approximate surface area is 54.9 Å². The standard InChI is InChI=1S/C7H10O2/c1-3-5-6(4-2)7(8)9/h1,6H,4-5H2,2H3,(H,8,9)/t6-/m0/s1. The lowest BCUT2D eigenvalue weighted by atomic mass is 10.0. The van der Waals surface area contributed by atoms with Crippen molar-refractivity contribution in [2.24, 2.45) is 5.92 Å². The van der Waals surface area contributed by atoms with Crippen LogP contribution in [0.5, 0.6) is 0 Å². The van der Waals surface area contributed by atoms with Crippen LogP contribution in [0.15, 0.2) is 0 Å². The number of terminal acetylenes is 1. The van der Waals surface area contributed by atoms with Gasteiger partial charge in [-0.25, -0.2) is 0 Å². The Morgan fingerprint density at radius 1 is 1.89 bits per heavy atom. The smallest absolute Gasteiger partial charge is 0.307 e. The maximum Gasteiger partial charge on any atom is 0.307 e. The summed E-state index contributed by atoms with van der Waals surface area (Å²) in [6.07, 6.45) is 5.88. The number of hydrogen-bond acceptors (Lipinski definition) is 1. The predicted molar refractivity (Wildman–Crippen MR) is 34.9 cm³/mol. The first-order valence-corrected chi connectivity index (χ1v) is 2.88. The van der Waals surface area contributed by atoms with Gasteiger partial charge in [-0.05, 0) is 6.42 Å². The third kappa shape index (κ3) is 2.76. The van der Waals surface area contributed by atoms with Crippen LogP contribution in [-0.2, 0) is 4.79 Å². The Hall–Kier alpha value is -0.970. The molecule has 0 fully saturated rings. The van der Waals surface area contributed by atoms with E-state index in [4.69, 9.17) is 11.5 Å². The average Bonchev–Trinajstić information content (AvgIpc) is 1.82. The van der Waals surface area contributed by atoms with Crippen molar-refractivity contribution in [2.45, 2.75) is 19.8 Å². The van der Waals surface area contributed by atoms with Crippen LogP contribution in [0.1, 0.15) is 19.8 Å². The van der Waals surface area contributed by atoms with Crippen LogP contribution < -0.4 is 0 Å². The van der Waals surface area contributed by atoms with E-state index in [-0.39, 0.29) is 5.92 Å². The normalized spacial score (nSPS) is 12.0. The summed E-state index contributed by atoms with van der Waals surface area (Å²) in [5, 5.41) is 8.41. The topological polar surface area (TPSA) is 37.3 Å². The molecule has 0 saturated carbocycles.